The van der Waals surface area contributed by atoms with Gasteiger partial charge in [0.25, 0.3) is 5.91 Å². The zero-order valence-electron chi connectivity index (χ0n) is 16.4. The molecule has 146 valence electrons. The van der Waals surface area contributed by atoms with Crippen molar-refractivity contribution in [1.29, 1.82) is 5.26 Å². The molecular weight excluding hydrogens is 355 g/mol. The van der Waals surface area contributed by atoms with Gasteiger partial charge >= 0.3 is 0 Å². The van der Waals surface area contributed by atoms with Gasteiger partial charge in [0, 0.05) is 52.4 Å². The molecule has 1 aliphatic heterocycles. The molecule has 2 aromatic rings. The summed E-state index contributed by atoms with van der Waals surface area (Å²) in [5, 5.41) is 8.90. The number of nitrogens with zero attached hydrogens (tertiary/aromatic N) is 4. The van der Waals surface area contributed by atoms with Crippen LogP contribution < -0.4 is 4.90 Å². The quantitative estimate of drug-likeness (QED) is 0.818. The number of anilines is 1. The number of carbonyl (C=O) groups is 1. The lowest BCUT2D eigenvalue weighted by Gasteiger charge is -2.22. The minimum atomic E-state index is -0.381. The zero-order chi connectivity index (χ0) is 20.1. The Bertz CT molecular complexity index is 873. The second-order valence-corrected chi connectivity index (χ2v) is 7.29. The first-order valence-electron chi connectivity index (χ1n) is 9.45. The molecule has 1 heterocycles. The molecule has 0 aromatic heterocycles. The third-order valence-electron chi connectivity index (χ3n) is 5.04. The van der Waals surface area contributed by atoms with Crippen molar-refractivity contribution in [3.8, 4) is 6.07 Å². The fourth-order valence-electron chi connectivity index (χ4n) is 3.46. The van der Waals surface area contributed by atoms with E-state index in [1.165, 1.54) is 6.07 Å². The number of rotatable bonds is 4. The summed E-state index contributed by atoms with van der Waals surface area (Å²) in [6.07, 6.45) is 0.875. The van der Waals surface area contributed by atoms with Crippen molar-refractivity contribution in [2.24, 2.45) is 0 Å². The fourth-order valence-corrected chi connectivity index (χ4v) is 3.46. The largest absolute Gasteiger partial charge is 0.375 e. The summed E-state index contributed by atoms with van der Waals surface area (Å²) in [5.41, 5.74) is 2.67. The maximum absolute atomic E-state index is 14.2. The molecule has 1 fully saturated rings. The lowest BCUT2D eigenvalue weighted by atomic mass is 10.1. The van der Waals surface area contributed by atoms with Gasteiger partial charge in [-0.1, -0.05) is 12.1 Å². The summed E-state index contributed by atoms with van der Waals surface area (Å²) >= 11 is 0. The van der Waals surface area contributed by atoms with E-state index in [1.807, 2.05) is 29.2 Å². The molecule has 0 atom stereocenters. The van der Waals surface area contributed by atoms with Gasteiger partial charge in [0.05, 0.1) is 17.3 Å². The number of hydrogen-bond acceptors (Lipinski definition) is 4. The van der Waals surface area contributed by atoms with Crippen molar-refractivity contribution in [3.63, 3.8) is 0 Å². The Morgan fingerprint density at radius 3 is 2.50 bits per heavy atom. The van der Waals surface area contributed by atoms with Crippen molar-refractivity contribution in [2.45, 2.75) is 13.0 Å². The van der Waals surface area contributed by atoms with E-state index in [2.05, 4.69) is 11.0 Å². The van der Waals surface area contributed by atoms with E-state index in [0.717, 1.165) is 31.6 Å². The number of nitriles is 1. The third-order valence-corrected chi connectivity index (χ3v) is 5.04. The van der Waals surface area contributed by atoms with E-state index in [9.17, 15) is 9.18 Å². The van der Waals surface area contributed by atoms with Crippen LogP contribution >= 0.6 is 0 Å². The lowest BCUT2D eigenvalue weighted by molar-refractivity contribution is 0.0760. The summed E-state index contributed by atoms with van der Waals surface area (Å²) in [6, 6.07) is 14.4. The summed E-state index contributed by atoms with van der Waals surface area (Å²) < 4.78 is 14.2. The van der Waals surface area contributed by atoms with Crippen LogP contribution in [0.5, 0.6) is 0 Å². The van der Waals surface area contributed by atoms with E-state index >= 15 is 0 Å². The fraction of sp³-hybridized carbons (Fsp3) is 0.364. The highest BCUT2D eigenvalue weighted by molar-refractivity contribution is 5.94. The maximum Gasteiger partial charge on any atom is 0.254 e. The van der Waals surface area contributed by atoms with Gasteiger partial charge in [0.15, 0.2) is 0 Å². The Morgan fingerprint density at radius 1 is 1.11 bits per heavy atom. The van der Waals surface area contributed by atoms with Gasteiger partial charge in [0.1, 0.15) is 5.82 Å². The molecule has 5 nitrogen and oxygen atoms in total. The molecule has 0 aliphatic carbocycles. The van der Waals surface area contributed by atoms with Crippen LogP contribution in [0.15, 0.2) is 42.5 Å². The Morgan fingerprint density at radius 2 is 1.86 bits per heavy atom. The monoisotopic (exact) mass is 380 g/mol. The molecular formula is C22H25FN4O. The summed E-state index contributed by atoms with van der Waals surface area (Å²) in [6.45, 7) is 3.74. The SMILES string of the molecule is CN(C)c1ccc(C(=O)N2CCCN(Cc3ccc(C#N)cc3)CC2)cc1F. The number of carbonyl (C=O) groups excluding carboxylic acids is 1. The van der Waals surface area contributed by atoms with Crippen LogP contribution in [0.25, 0.3) is 0 Å². The van der Waals surface area contributed by atoms with Crippen LogP contribution in [0.1, 0.15) is 27.9 Å². The van der Waals surface area contributed by atoms with E-state index in [-0.39, 0.29) is 11.7 Å². The number of halogens is 1. The second-order valence-electron chi connectivity index (χ2n) is 7.29. The van der Waals surface area contributed by atoms with Crippen LogP contribution in [0.4, 0.5) is 10.1 Å². The van der Waals surface area contributed by atoms with Crippen LogP contribution in [0.2, 0.25) is 0 Å². The molecule has 1 saturated heterocycles. The first-order chi connectivity index (χ1) is 13.5. The molecule has 0 radical (unpaired) electrons. The molecule has 3 rings (SSSR count). The average molecular weight is 380 g/mol. The minimum Gasteiger partial charge on any atom is -0.375 e. The van der Waals surface area contributed by atoms with Gasteiger partial charge in [0.2, 0.25) is 0 Å². The number of benzene rings is 2. The van der Waals surface area contributed by atoms with Crippen molar-refractivity contribution >= 4 is 11.6 Å². The van der Waals surface area contributed by atoms with Gasteiger partial charge in [-0.15, -0.1) is 0 Å². The van der Waals surface area contributed by atoms with Gasteiger partial charge in [-0.2, -0.15) is 5.26 Å². The Labute approximate surface area is 165 Å². The Hall–Kier alpha value is -2.91. The highest BCUT2D eigenvalue weighted by Crippen LogP contribution is 2.20. The van der Waals surface area contributed by atoms with Crippen molar-refractivity contribution in [2.75, 3.05) is 45.2 Å². The molecule has 0 bridgehead atoms. The van der Waals surface area contributed by atoms with Gasteiger partial charge in [-0.05, 0) is 42.3 Å². The maximum atomic E-state index is 14.2. The standard InChI is InChI=1S/C22H25FN4O/c1-25(2)21-9-8-19(14-20(21)23)22(28)27-11-3-10-26(12-13-27)16-18-6-4-17(15-24)5-7-18/h4-9,14H,3,10-13,16H2,1-2H3. The van der Waals surface area contributed by atoms with E-state index < -0.39 is 0 Å². The molecule has 0 saturated carbocycles. The molecule has 0 unspecified atom stereocenters. The number of amides is 1. The molecule has 6 heteroatoms. The molecule has 2 aromatic carbocycles. The second kappa shape index (κ2) is 8.85. The molecule has 28 heavy (non-hydrogen) atoms. The van der Waals surface area contributed by atoms with Crippen molar-refractivity contribution in [1.82, 2.24) is 9.80 Å². The predicted octanol–water partition coefficient (Wildman–Crippen LogP) is 3.11. The molecule has 1 amide bonds. The van der Waals surface area contributed by atoms with Crippen molar-refractivity contribution < 1.29 is 9.18 Å². The van der Waals surface area contributed by atoms with Crippen LogP contribution in [0.3, 0.4) is 0 Å². The third kappa shape index (κ3) is 4.68. The Kier molecular flexibility index (Phi) is 6.27. The van der Waals surface area contributed by atoms with Crippen LogP contribution in [-0.2, 0) is 6.54 Å². The summed E-state index contributed by atoms with van der Waals surface area (Å²) in [5.74, 6) is -0.502. The number of hydrogen-bond donors (Lipinski definition) is 0. The van der Waals surface area contributed by atoms with Gasteiger partial charge < -0.3 is 9.80 Å². The first kappa shape index (κ1) is 19.8. The normalized spacial score (nSPS) is 15.0. The van der Waals surface area contributed by atoms with Crippen molar-refractivity contribution in [3.05, 3.63) is 65.0 Å². The molecule has 0 N–H and O–H groups in total. The highest BCUT2D eigenvalue weighted by atomic mass is 19.1. The summed E-state index contributed by atoms with van der Waals surface area (Å²) in [4.78, 5) is 18.6. The smallest absolute Gasteiger partial charge is 0.254 e. The average Bonchev–Trinajstić information content (AvgIpc) is 2.93. The highest BCUT2D eigenvalue weighted by Gasteiger charge is 2.21. The van der Waals surface area contributed by atoms with Gasteiger partial charge in [-0.25, -0.2) is 4.39 Å². The molecule has 0 spiro atoms. The molecule has 1 aliphatic rings. The Balaban J connectivity index is 1.62. The van der Waals surface area contributed by atoms with E-state index in [4.69, 9.17) is 5.26 Å². The lowest BCUT2D eigenvalue weighted by Crippen LogP contribution is -2.35. The predicted molar refractivity (Wildman–Crippen MR) is 108 cm³/mol. The first-order valence-corrected chi connectivity index (χ1v) is 9.45. The van der Waals surface area contributed by atoms with E-state index in [0.29, 0.717) is 29.9 Å². The van der Waals surface area contributed by atoms with Crippen LogP contribution in [0, 0.1) is 17.1 Å². The summed E-state index contributed by atoms with van der Waals surface area (Å²) in [7, 11) is 3.55. The van der Waals surface area contributed by atoms with E-state index in [1.54, 1.807) is 31.1 Å². The topological polar surface area (TPSA) is 50.6 Å². The van der Waals surface area contributed by atoms with Gasteiger partial charge in [-0.3, -0.25) is 9.69 Å². The zero-order valence-corrected chi connectivity index (χ0v) is 16.4. The minimum absolute atomic E-state index is 0.121. The van der Waals surface area contributed by atoms with Crippen LogP contribution in [-0.4, -0.2) is 56.0 Å².